The Bertz CT molecular complexity index is 1500. The van der Waals surface area contributed by atoms with Gasteiger partial charge in [-0.1, -0.05) is 50.2 Å². The first-order valence-corrected chi connectivity index (χ1v) is 12.0. The van der Waals surface area contributed by atoms with Crippen molar-refractivity contribution in [3.63, 3.8) is 0 Å². The second-order valence-corrected chi connectivity index (χ2v) is 9.46. The zero-order valence-electron chi connectivity index (χ0n) is 21.9. The summed E-state index contributed by atoms with van der Waals surface area (Å²) in [4.78, 5) is 44.4. The van der Waals surface area contributed by atoms with Gasteiger partial charge in [-0.05, 0) is 70.8 Å². The Hall–Kier alpha value is -5.64. The molecule has 0 radical (unpaired) electrons. The Morgan fingerprint density at radius 2 is 0.756 bits per heavy atom. The summed E-state index contributed by atoms with van der Waals surface area (Å²) in [6.45, 7) is 4.23. The molecule has 4 rings (SSSR count). The van der Waals surface area contributed by atoms with Crippen LogP contribution in [-0.4, -0.2) is 54.5 Å². The molecule has 0 spiro atoms. The molecule has 4 aromatic carbocycles. The van der Waals surface area contributed by atoms with Crippen molar-refractivity contribution in [3.8, 4) is 22.6 Å². The molecule has 10 heteroatoms. The van der Waals surface area contributed by atoms with Crippen molar-refractivity contribution >= 4 is 23.9 Å². The minimum Gasteiger partial charge on any atom is -0.508 e. The van der Waals surface area contributed by atoms with Crippen LogP contribution in [0.5, 0.6) is 11.5 Å². The molecule has 4 aromatic rings. The summed E-state index contributed by atoms with van der Waals surface area (Å²) in [5.74, 6) is -5.17. The lowest BCUT2D eigenvalue weighted by atomic mass is 9.78. The van der Waals surface area contributed by atoms with Crippen molar-refractivity contribution in [3.05, 3.63) is 118 Å². The van der Waals surface area contributed by atoms with Crippen molar-refractivity contribution in [1.29, 1.82) is 0 Å². The third-order valence-electron chi connectivity index (χ3n) is 6.47. The quantitative estimate of drug-likeness (QED) is 0.167. The minimum absolute atomic E-state index is 0.151. The molecule has 0 saturated heterocycles. The van der Waals surface area contributed by atoms with Crippen molar-refractivity contribution < 1.29 is 49.8 Å². The highest BCUT2D eigenvalue weighted by Crippen LogP contribution is 2.33. The Balaban J connectivity index is 0.000000239. The van der Waals surface area contributed by atoms with Gasteiger partial charge in [0, 0.05) is 5.41 Å². The van der Waals surface area contributed by atoms with Gasteiger partial charge in [0.05, 0.1) is 22.3 Å². The number of aromatic carboxylic acids is 4. The van der Waals surface area contributed by atoms with Gasteiger partial charge in [-0.3, -0.25) is 0 Å². The Labute approximate surface area is 234 Å². The van der Waals surface area contributed by atoms with Crippen LogP contribution in [0, 0.1) is 0 Å². The molecule has 0 unspecified atom stereocenters. The van der Waals surface area contributed by atoms with Crippen molar-refractivity contribution in [2.75, 3.05) is 0 Å². The minimum atomic E-state index is -1.45. The topological polar surface area (TPSA) is 190 Å². The van der Waals surface area contributed by atoms with E-state index in [0.717, 1.165) is 35.4 Å². The number of aromatic hydroxyl groups is 2. The smallest absolute Gasteiger partial charge is 0.336 e. The number of benzene rings is 4. The SMILES string of the molecule is CC(C)(c1ccc(O)cc1)c1ccc(O)cc1.O=C(O)c1ccc(-c2ccc(C(=O)O)c(C(=O)O)c2)cc1C(=O)O. The molecule has 0 bridgehead atoms. The number of phenolic OH excluding ortho intramolecular Hbond substituents is 2. The van der Waals surface area contributed by atoms with Crippen LogP contribution in [-0.2, 0) is 5.41 Å². The summed E-state index contributed by atoms with van der Waals surface area (Å²) in [6, 6.07) is 21.4. The lowest BCUT2D eigenvalue weighted by molar-refractivity contribution is 0.0651. The third kappa shape index (κ3) is 6.87. The van der Waals surface area contributed by atoms with Gasteiger partial charge in [-0.15, -0.1) is 0 Å². The van der Waals surface area contributed by atoms with E-state index in [4.69, 9.17) is 20.4 Å². The second-order valence-electron chi connectivity index (χ2n) is 9.46. The normalized spacial score (nSPS) is 10.7. The highest BCUT2D eigenvalue weighted by atomic mass is 16.4. The summed E-state index contributed by atoms with van der Waals surface area (Å²) < 4.78 is 0. The molecule has 6 N–H and O–H groups in total. The van der Waals surface area contributed by atoms with Crippen LogP contribution in [0.1, 0.15) is 66.4 Å². The molecule has 0 saturated carbocycles. The fraction of sp³-hybridized carbons (Fsp3) is 0.0968. The van der Waals surface area contributed by atoms with Crippen LogP contribution in [0.2, 0.25) is 0 Å². The number of carboxylic acids is 4. The van der Waals surface area contributed by atoms with E-state index < -0.39 is 46.1 Å². The highest BCUT2D eigenvalue weighted by molar-refractivity contribution is 6.04. The number of carbonyl (C=O) groups is 4. The number of hydrogen-bond acceptors (Lipinski definition) is 6. The first kappa shape index (κ1) is 29.9. The Morgan fingerprint density at radius 1 is 0.463 bits per heavy atom. The molecule has 0 aromatic heterocycles. The summed E-state index contributed by atoms with van der Waals surface area (Å²) in [5.41, 5.74) is 0.856. The molecule has 0 heterocycles. The average Bonchev–Trinajstić information content (AvgIpc) is 2.93. The molecule has 0 atom stereocenters. The van der Waals surface area contributed by atoms with Gasteiger partial charge in [-0.2, -0.15) is 0 Å². The zero-order chi connectivity index (χ0) is 30.5. The maximum atomic E-state index is 11.2. The van der Waals surface area contributed by atoms with Crippen LogP contribution in [0.4, 0.5) is 0 Å². The standard InChI is InChI=1S/C16H10O8.C15H16O2/c17-13(18)9-3-1-7(5-11(9)15(21)22)8-2-4-10(14(19)20)12(6-8)16(23)24;1-15(2,11-3-7-13(16)8-4-11)12-5-9-14(17)10-6-12/h1-6H,(H,17,18)(H,19,20)(H,21,22)(H,23,24);3-10,16-17H,1-2H3. The Kier molecular flexibility index (Phi) is 8.78. The largest absolute Gasteiger partial charge is 0.508 e. The molecule has 0 amide bonds. The maximum absolute atomic E-state index is 11.2. The Morgan fingerprint density at radius 3 is 1.02 bits per heavy atom. The van der Waals surface area contributed by atoms with Gasteiger partial charge in [0.25, 0.3) is 0 Å². The summed E-state index contributed by atoms with van der Waals surface area (Å²) in [5, 5.41) is 54.8. The van der Waals surface area contributed by atoms with E-state index in [1.165, 1.54) is 12.1 Å². The first-order chi connectivity index (χ1) is 19.2. The third-order valence-corrected chi connectivity index (χ3v) is 6.47. The number of phenols is 2. The highest BCUT2D eigenvalue weighted by Gasteiger charge is 2.23. The molecule has 0 aliphatic rings. The van der Waals surface area contributed by atoms with E-state index in [2.05, 4.69) is 13.8 Å². The van der Waals surface area contributed by atoms with Gasteiger partial charge >= 0.3 is 23.9 Å². The number of rotatable bonds is 7. The monoisotopic (exact) mass is 558 g/mol. The maximum Gasteiger partial charge on any atom is 0.336 e. The van der Waals surface area contributed by atoms with Crippen molar-refractivity contribution in [2.45, 2.75) is 19.3 Å². The molecular weight excluding hydrogens is 532 g/mol. The van der Waals surface area contributed by atoms with Gasteiger partial charge < -0.3 is 30.6 Å². The fourth-order valence-corrected chi connectivity index (χ4v) is 4.10. The molecule has 0 aliphatic heterocycles. The zero-order valence-corrected chi connectivity index (χ0v) is 21.9. The van der Waals surface area contributed by atoms with Gasteiger partial charge in [0.2, 0.25) is 0 Å². The van der Waals surface area contributed by atoms with Gasteiger partial charge in [-0.25, -0.2) is 19.2 Å². The van der Waals surface area contributed by atoms with Crippen LogP contribution in [0.3, 0.4) is 0 Å². The molecule has 10 nitrogen and oxygen atoms in total. The molecular formula is C31H26O10. The number of hydrogen-bond donors (Lipinski definition) is 6. The van der Waals surface area contributed by atoms with Crippen LogP contribution in [0.15, 0.2) is 84.9 Å². The number of carboxylic acid groups (broad SMARTS) is 4. The van der Waals surface area contributed by atoms with Crippen LogP contribution in [0.25, 0.3) is 11.1 Å². The summed E-state index contributed by atoms with van der Waals surface area (Å²) in [6.07, 6.45) is 0. The fourth-order valence-electron chi connectivity index (χ4n) is 4.10. The molecule has 210 valence electrons. The van der Waals surface area contributed by atoms with E-state index >= 15 is 0 Å². The molecule has 41 heavy (non-hydrogen) atoms. The van der Waals surface area contributed by atoms with Crippen LogP contribution < -0.4 is 0 Å². The van der Waals surface area contributed by atoms with E-state index in [-0.39, 0.29) is 28.0 Å². The lowest BCUT2D eigenvalue weighted by Gasteiger charge is -2.26. The van der Waals surface area contributed by atoms with E-state index in [9.17, 15) is 29.4 Å². The van der Waals surface area contributed by atoms with Crippen LogP contribution >= 0.6 is 0 Å². The van der Waals surface area contributed by atoms with Crippen molar-refractivity contribution in [1.82, 2.24) is 0 Å². The van der Waals surface area contributed by atoms with E-state index in [1.807, 2.05) is 24.3 Å². The van der Waals surface area contributed by atoms with Gasteiger partial charge in [0.15, 0.2) is 0 Å². The van der Waals surface area contributed by atoms with Gasteiger partial charge in [0.1, 0.15) is 11.5 Å². The molecule has 0 aliphatic carbocycles. The lowest BCUT2D eigenvalue weighted by Crippen LogP contribution is -2.18. The first-order valence-electron chi connectivity index (χ1n) is 12.0. The molecule has 0 fully saturated rings. The predicted molar refractivity (Wildman–Crippen MR) is 148 cm³/mol. The predicted octanol–water partition coefficient (Wildman–Crippen LogP) is 5.57. The second kappa shape index (κ2) is 12.0. The summed E-state index contributed by atoms with van der Waals surface area (Å²) >= 11 is 0. The van der Waals surface area contributed by atoms with Crippen molar-refractivity contribution in [2.24, 2.45) is 0 Å². The van der Waals surface area contributed by atoms with E-state index in [0.29, 0.717) is 0 Å². The van der Waals surface area contributed by atoms with E-state index in [1.54, 1.807) is 24.3 Å². The average molecular weight is 559 g/mol. The summed E-state index contributed by atoms with van der Waals surface area (Å²) in [7, 11) is 0.